The van der Waals surface area contributed by atoms with Gasteiger partial charge in [-0.05, 0) is 37.5 Å². The second kappa shape index (κ2) is 8.35. The molecule has 0 aromatic carbocycles. The number of rotatable bonds is 6. The summed E-state index contributed by atoms with van der Waals surface area (Å²) in [6, 6.07) is 3.12. The maximum atomic E-state index is 12.8. The number of sulfonamides is 1. The van der Waals surface area contributed by atoms with Gasteiger partial charge in [0.25, 0.3) is 0 Å². The van der Waals surface area contributed by atoms with Gasteiger partial charge in [0.1, 0.15) is 6.04 Å². The number of piperidine rings is 1. The quantitative estimate of drug-likeness (QED) is 0.658. The SMILES string of the molecule is O=C1C(NS(=O)(=O)/C=C/c2ccc(Cl)s2)CCCN1CC(=O)N1CC2CC1CN2. The lowest BCUT2D eigenvalue weighted by atomic mass is 10.1. The lowest BCUT2D eigenvalue weighted by Gasteiger charge is -2.34. The molecule has 3 atom stereocenters. The molecule has 11 heteroatoms. The highest BCUT2D eigenvalue weighted by Gasteiger charge is 2.41. The van der Waals surface area contributed by atoms with Crippen LogP contribution in [0.2, 0.25) is 4.34 Å². The van der Waals surface area contributed by atoms with Crippen molar-refractivity contribution in [3.63, 3.8) is 0 Å². The summed E-state index contributed by atoms with van der Waals surface area (Å²) in [4.78, 5) is 29.4. The molecule has 29 heavy (non-hydrogen) atoms. The second-order valence-corrected chi connectivity index (χ2v) is 10.9. The van der Waals surface area contributed by atoms with Crippen molar-refractivity contribution in [1.82, 2.24) is 19.8 Å². The Morgan fingerprint density at radius 1 is 1.41 bits per heavy atom. The minimum atomic E-state index is -3.80. The van der Waals surface area contributed by atoms with Crippen molar-refractivity contribution in [1.29, 1.82) is 0 Å². The molecule has 0 aliphatic carbocycles. The third-order valence-electron chi connectivity index (χ3n) is 5.55. The van der Waals surface area contributed by atoms with Crippen LogP contribution in [0.4, 0.5) is 0 Å². The summed E-state index contributed by atoms with van der Waals surface area (Å²) >= 11 is 7.11. The van der Waals surface area contributed by atoms with Gasteiger partial charge in [-0.1, -0.05) is 11.6 Å². The summed E-state index contributed by atoms with van der Waals surface area (Å²) in [6.07, 6.45) is 3.47. The lowest BCUT2D eigenvalue weighted by molar-refractivity contribution is -0.143. The zero-order valence-electron chi connectivity index (χ0n) is 15.7. The van der Waals surface area contributed by atoms with Crippen molar-refractivity contribution in [3.8, 4) is 0 Å². The van der Waals surface area contributed by atoms with E-state index < -0.39 is 16.1 Å². The molecule has 4 rings (SSSR count). The summed E-state index contributed by atoms with van der Waals surface area (Å²) in [5, 5.41) is 4.39. The number of halogens is 1. The van der Waals surface area contributed by atoms with E-state index in [2.05, 4.69) is 10.0 Å². The lowest BCUT2D eigenvalue weighted by Crippen LogP contribution is -2.56. The normalized spacial score (nSPS) is 27.3. The second-order valence-electron chi connectivity index (χ2n) is 7.60. The number of hydrogen-bond acceptors (Lipinski definition) is 6. The Morgan fingerprint density at radius 3 is 2.90 bits per heavy atom. The van der Waals surface area contributed by atoms with E-state index in [1.807, 2.05) is 4.90 Å². The van der Waals surface area contributed by atoms with Gasteiger partial charge in [0.05, 0.1) is 10.9 Å². The number of likely N-dealkylation sites (tertiary alicyclic amines) is 2. The van der Waals surface area contributed by atoms with Gasteiger partial charge in [0, 0.05) is 42.0 Å². The third kappa shape index (κ3) is 4.83. The van der Waals surface area contributed by atoms with Crippen LogP contribution in [0.15, 0.2) is 17.5 Å². The first-order valence-corrected chi connectivity index (χ1v) is 12.3. The molecular weight excluding hydrogens is 436 g/mol. The number of thiophene rings is 1. The molecular formula is C18H23ClN4O4S2. The zero-order chi connectivity index (χ0) is 20.6. The van der Waals surface area contributed by atoms with Gasteiger partial charge >= 0.3 is 0 Å². The minimum absolute atomic E-state index is 0.00378. The van der Waals surface area contributed by atoms with Gasteiger partial charge in [-0.25, -0.2) is 8.42 Å². The van der Waals surface area contributed by atoms with Crippen LogP contribution in [0.1, 0.15) is 24.1 Å². The molecule has 1 aromatic heterocycles. The number of nitrogens with zero attached hydrogens (tertiary/aromatic N) is 2. The van der Waals surface area contributed by atoms with Crippen LogP contribution in [0.25, 0.3) is 6.08 Å². The van der Waals surface area contributed by atoms with Crippen molar-refractivity contribution >= 4 is 50.9 Å². The summed E-state index contributed by atoms with van der Waals surface area (Å²) in [7, 11) is -3.80. The number of piperazine rings is 1. The number of nitrogens with one attached hydrogen (secondary N) is 2. The topological polar surface area (TPSA) is 98.8 Å². The van der Waals surface area contributed by atoms with E-state index in [9.17, 15) is 18.0 Å². The predicted octanol–water partition coefficient (Wildman–Crippen LogP) is 0.855. The van der Waals surface area contributed by atoms with E-state index in [1.165, 1.54) is 22.3 Å². The Bertz CT molecular complexity index is 932. The van der Waals surface area contributed by atoms with Gasteiger partial charge < -0.3 is 15.1 Å². The van der Waals surface area contributed by atoms with E-state index in [4.69, 9.17) is 11.6 Å². The van der Waals surface area contributed by atoms with Crippen LogP contribution in [-0.2, 0) is 19.6 Å². The van der Waals surface area contributed by atoms with Crippen molar-refractivity contribution < 1.29 is 18.0 Å². The Morgan fingerprint density at radius 2 is 2.24 bits per heavy atom. The molecule has 2 bridgehead atoms. The zero-order valence-corrected chi connectivity index (χ0v) is 18.1. The average molecular weight is 459 g/mol. The van der Waals surface area contributed by atoms with Crippen molar-refractivity contribution in [2.45, 2.75) is 37.4 Å². The number of carbonyl (C=O) groups is 2. The van der Waals surface area contributed by atoms with Gasteiger partial charge in [-0.2, -0.15) is 4.72 Å². The van der Waals surface area contributed by atoms with E-state index in [0.29, 0.717) is 41.2 Å². The first kappa shape index (κ1) is 20.8. The summed E-state index contributed by atoms with van der Waals surface area (Å²) in [6.45, 7) is 1.95. The van der Waals surface area contributed by atoms with Crippen molar-refractivity contribution in [2.75, 3.05) is 26.2 Å². The van der Waals surface area contributed by atoms with E-state index in [1.54, 1.807) is 12.1 Å². The molecule has 1 aromatic rings. The number of amides is 2. The molecule has 0 saturated carbocycles. The van der Waals surface area contributed by atoms with Crippen LogP contribution in [0, 0.1) is 0 Å². The molecule has 2 amide bonds. The Kier molecular flexibility index (Phi) is 5.99. The highest BCUT2D eigenvalue weighted by molar-refractivity contribution is 7.92. The van der Waals surface area contributed by atoms with Crippen LogP contribution >= 0.6 is 22.9 Å². The maximum Gasteiger partial charge on any atom is 0.242 e. The number of carbonyl (C=O) groups excluding carboxylic acids is 2. The van der Waals surface area contributed by atoms with Crippen LogP contribution < -0.4 is 10.0 Å². The van der Waals surface area contributed by atoms with E-state index >= 15 is 0 Å². The first-order valence-electron chi connectivity index (χ1n) is 9.58. The average Bonchev–Trinajstić information content (AvgIpc) is 3.40. The Labute approximate surface area is 178 Å². The highest BCUT2D eigenvalue weighted by atomic mass is 35.5. The first-order chi connectivity index (χ1) is 13.8. The molecule has 0 spiro atoms. The molecule has 0 radical (unpaired) electrons. The standard InChI is InChI=1S/C18H23ClN4O4S2/c19-16-4-3-14(28-16)5-7-29(26,27)21-15-2-1-6-22(18(15)25)11-17(24)23-10-12-8-13(23)9-20-12/h3-5,7,12-13,15,20-21H,1-2,6,8-11H2/b7-5+. The number of hydrogen-bond donors (Lipinski definition) is 2. The summed E-state index contributed by atoms with van der Waals surface area (Å²) in [5.74, 6) is -0.409. The van der Waals surface area contributed by atoms with Crippen molar-refractivity contribution in [2.24, 2.45) is 0 Å². The monoisotopic (exact) mass is 458 g/mol. The Hall–Kier alpha value is -1.46. The molecule has 3 aliphatic rings. The molecule has 3 aliphatic heterocycles. The van der Waals surface area contributed by atoms with Crippen molar-refractivity contribution in [3.05, 3.63) is 26.8 Å². The fourth-order valence-electron chi connectivity index (χ4n) is 4.14. The third-order valence-corrected chi connectivity index (χ3v) is 7.85. The minimum Gasteiger partial charge on any atom is -0.335 e. The van der Waals surface area contributed by atoms with Gasteiger partial charge in [0.15, 0.2) is 0 Å². The molecule has 3 saturated heterocycles. The summed E-state index contributed by atoms with van der Waals surface area (Å²) in [5.41, 5.74) is 0. The fraction of sp³-hybridized carbons (Fsp3) is 0.556. The van der Waals surface area contributed by atoms with Crippen LogP contribution in [-0.4, -0.2) is 74.3 Å². The molecule has 158 valence electrons. The molecule has 2 N–H and O–H groups in total. The molecule has 3 fully saturated rings. The summed E-state index contributed by atoms with van der Waals surface area (Å²) < 4.78 is 27.8. The van der Waals surface area contributed by atoms with E-state index in [0.717, 1.165) is 18.4 Å². The highest BCUT2D eigenvalue weighted by Crippen LogP contribution is 2.24. The number of fused-ring (bicyclic) bond motifs is 2. The van der Waals surface area contributed by atoms with Crippen LogP contribution in [0.5, 0.6) is 0 Å². The maximum absolute atomic E-state index is 12.8. The molecule has 4 heterocycles. The van der Waals surface area contributed by atoms with Gasteiger partial charge in [-0.3, -0.25) is 9.59 Å². The largest absolute Gasteiger partial charge is 0.335 e. The van der Waals surface area contributed by atoms with Gasteiger partial charge in [-0.15, -0.1) is 11.3 Å². The Balaban J connectivity index is 1.35. The fourth-order valence-corrected chi connectivity index (χ4v) is 6.21. The smallest absolute Gasteiger partial charge is 0.242 e. The van der Waals surface area contributed by atoms with Crippen LogP contribution in [0.3, 0.4) is 0 Å². The predicted molar refractivity (Wildman–Crippen MR) is 112 cm³/mol. The molecule has 3 unspecified atom stereocenters. The van der Waals surface area contributed by atoms with E-state index in [-0.39, 0.29) is 24.4 Å². The van der Waals surface area contributed by atoms with Gasteiger partial charge in [0.2, 0.25) is 21.8 Å². The molecule has 8 nitrogen and oxygen atoms in total.